The molecule has 0 spiro atoms. The van der Waals surface area contributed by atoms with Crippen molar-refractivity contribution in [2.24, 2.45) is 0 Å². The number of rotatable bonds is 4. The topological polar surface area (TPSA) is 30.7 Å². The van der Waals surface area contributed by atoms with Crippen LogP contribution >= 0.6 is 11.3 Å². The molecule has 0 fully saturated rings. The number of aromatic nitrogens is 3. The van der Waals surface area contributed by atoms with Crippen molar-refractivity contribution in [2.45, 2.75) is 0 Å². The molecule has 0 aliphatic carbocycles. The molecule has 3 heterocycles. The lowest BCUT2D eigenvalue weighted by atomic mass is 10.0. The highest BCUT2D eigenvalue weighted by Crippen LogP contribution is 2.44. The molecule has 4 heteroatoms. The lowest BCUT2D eigenvalue weighted by molar-refractivity contribution is 1.17. The first-order valence-corrected chi connectivity index (χ1v) is 17.0. The molecular weight excluding hydrogens is 603 g/mol. The van der Waals surface area contributed by atoms with E-state index in [0.29, 0.717) is 5.82 Å². The minimum absolute atomic E-state index is 0.710. The summed E-state index contributed by atoms with van der Waals surface area (Å²) in [6.07, 6.45) is 0. The van der Waals surface area contributed by atoms with Crippen LogP contribution in [-0.4, -0.2) is 14.5 Å². The van der Waals surface area contributed by atoms with Crippen LogP contribution in [0.15, 0.2) is 164 Å². The van der Waals surface area contributed by atoms with E-state index in [4.69, 9.17) is 9.97 Å². The van der Waals surface area contributed by atoms with Crippen LogP contribution < -0.4 is 0 Å². The van der Waals surface area contributed by atoms with Crippen LogP contribution in [0, 0.1) is 0 Å². The highest BCUT2D eigenvalue weighted by atomic mass is 32.1. The zero-order chi connectivity index (χ0) is 31.6. The summed E-state index contributed by atoms with van der Waals surface area (Å²) in [6.45, 7) is 0. The van der Waals surface area contributed by atoms with Crippen molar-refractivity contribution in [3.63, 3.8) is 0 Å². The molecule has 0 N–H and O–H groups in total. The molecular formula is C44H27N3S. The average Bonchev–Trinajstić information content (AvgIpc) is 3.72. The van der Waals surface area contributed by atoms with Crippen molar-refractivity contribution in [1.82, 2.24) is 14.5 Å². The van der Waals surface area contributed by atoms with Crippen LogP contribution in [0.5, 0.6) is 0 Å². The molecule has 3 aromatic heterocycles. The molecule has 0 amide bonds. The smallest absolute Gasteiger partial charge is 0.160 e. The Bertz CT molecular complexity index is 2760. The first kappa shape index (κ1) is 27.1. The summed E-state index contributed by atoms with van der Waals surface area (Å²) in [5.74, 6) is 0.710. The summed E-state index contributed by atoms with van der Waals surface area (Å²) < 4.78 is 5.07. The van der Waals surface area contributed by atoms with Gasteiger partial charge >= 0.3 is 0 Å². The van der Waals surface area contributed by atoms with Gasteiger partial charge in [0, 0.05) is 48.6 Å². The van der Waals surface area contributed by atoms with Gasteiger partial charge in [0.15, 0.2) is 5.82 Å². The van der Waals surface area contributed by atoms with Gasteiger partial charge in [0.25, 0.3) is 0 Å². The molecule has 3 nitrogen and oxygen atoms in total. The van der Waals surface area contributed by atoms with E-state index in [0.717, 1.165) is 33.8 Å². The Morgan fingerprint density at radius 2 is 1.08 bits per heavy atom. The predicted octanol–water partition coefficient (Wildman–Crippen LogP) is 12.1. The van der Waals surface area contributed by atoms with Crippen LogP contribution in [0.4, 0.5) is 0 Å². The molecule has 10 aromatic rings. The normalized spacial score (nSPS) is 11.8. The molecule has 0 saturated carbocycles. The van der Waals surface area contributed by atoms with E-state index in [1.165, 1.54) is 52.8 Å². The predicted molar refractivity (Wildman–Crippen MR) is 203 cm³/mol. The first-order chi connectivity index (χ1) is 23.8. The molecule has 48 heavy (non-hydrogen) atoms. The molecule has 0 aliphatic heterocycles. The highest BCUT2D eigenvalue weighted by molar-refractivity contribution is 7.26. The maximum absolute atomic E-state index is 5.07. The third-order valence-corrected chi connectivity index (χ3v) is 10.6. The third kappa shape index (κ3) is 4.20. The Hall–Kier alpha value is -6.10. The van der Waals surface area contributed by atoms with Gasteiger partial charge in [-0.3, -0.25) is 0 Å². The van der Waals surface area contributed by atoms with Gasteiger partial charge in [0.1, 0.15) is 0 Å². The van der Waals surface area contributed by atoms with Gasteiger partial charge in [-0.25, -0.2) is 9.97 Å². The van der Waals surface area contributed by atoms with Crippen LogP contribution in [0.1, 0.15) is 0 Å². The summed E-state index contributed by atoms with van der Waals surface area (Å²) >= 11 is 1.88. The van der Waals surface area contributed by atoms with E-state index in [9.17, 15) is 0 Å². The van der Waals surface area contributed by atoms with Crippen molar-refractivity contribution < 1.29 is 0 Å². The minimum atomic E-state index is 0.710. The number of hydrogen-bond acceptors (Lipinski definition) is 3. The summed E-state index contributed by atoms with van der Waals surface area (Å²) in [5, 5.41) is 7.69. The number of nitrogens with zero attached hydrogens (tertiary/aromatic N) is 3. The Morgan fingerprint density at radius 1 is 0.458 bits per heavy atom. The largest absolute Gasteiger partial charge is 0.308 e. The number of thiophene rings is 1. The number of hydrogen-bond donors (Lipinski definition) is 0. The molecule has 224 valence electrons. The van der Waals surface area contributed by atoms with E-state index in [-0.39, 0.29) is 0 Å². The van der Waals surface area contributed by atoms with Gasteiger partial charge in [-0.1, -0.05) is 121 Å². The van der Waals surface area contributed by atoms with Crippen LogP contribution in [0.2, 0.25) is 0 Å². The average molecular weight is 630 g/mol. The molecule has 0 unspecified atom stereocenters. The molecule has 0 atom stereocenters. The number of fused-ring (bicyclic) bond motifs is 9. The highest BCUT2D eigenvalue weighted by Gasteiger charge is 2.20. The molecule has 0 saturated heterocycles. The maximum atomic E-state index is 5.07. The quantitative estimate of drug-likeness (QED) is 0.194. The standard InChI is InChI=1S/C44H27N3S/c1-3-12-29(13-4-1)37-27-38(30-14-5-2-6-15-30)46-44(45-37)31-19-22-32(23-20-31)47-39-26-21-28-11-7-8-16-33(28)41(39)36-25-24-35-34-17-9-10-18-40(34)48-43(35)42(36)47/h1-27H. The second-order valence-electron chi connectivity index (χ2n) is 12.2. The van der Waals surface area contributed by atoms with Gasteiger partial charge in [-0.2, -0.15) is 0 Å². The Morgan fingerprint density at radius 3 is 1.81 bits per heavy atom. The van der Waals surface area contributed by atoms with Gasteiger partial charge < -0.3 is 4.57 Å². The Labute approximate surface area is 281 Å². The van der Waals surface area contributed by atoms with Crippen LogP contribution in [0.25, 0.3) is 92.3 Å². The fourth-order valence-corrected chi connectivity index (χ4v) is 8.41. The third-order valence-electron chi connectivity index (χ3n) is 9.41. The molecule has 0 radical (unpaired) electrons. The Kier molecular flexibility index (Phi) is 6.05. The summed E-state index contributed by atoms with van der Waals surface area (Å²) in [4.78, 5) is 10.1. The first-order valence-electron chi connectivity index (χ1n) is 16.2. The second-order valence-corrected chi connectivity index (χ2v) is 13.2. The van der Waals surface area contributed by atoms with Crippen molar-refractivity contribution in [1.29, 1.82) is 0 Å². The molecule has 10 rings (SSSR count). The lowest BCUT2D eigenvalue weighted by Crippen LogP contribution is -1.97. The zero-order valence-corrected chi connectivity index (χ0v) is 26.7. The van der Waals surface area contributed by atoms with Gasteiger partial charge in [-0.15, -0.1) is 11.3 Å². The van der Waals surface area contributed by atoms with Crippen molar-refractivity contribution in [3.8, 4) is 39.6 Å². The zero-order valence-electron chi connectivity index (χ0n) is 25.8. The van der Waals surface area contributed by atoms with Gasteiger partial charge in [-0.05, 0) is 53.2 Å². The van der Waals surface area contributed by atoms with Gasteiger partial charge in [0.2, 0.25) is 0 Å². The van der Waals surface area contributed by atoms with E-state index < -0.39 is 0 Å². The second kappa shape index (κ2) is 10.7. The van der Waals surface area contributed by atoms with E-state index in [1.54, 1.807) is 0 Å². The minimum Gasteiger partial charge on any atom is -0.308 e. The van der Waals surface area contributed by atoms with E-state index >= 15 is 0 Å². The molecule has 0 aliphatic rings. The van der Waals surface area contributed by atoms with Crippen molar-refractivity contribution in [2.75, 3.05) is 0 Å². The van der Waals surface area contributed by atoms with Gasteiger partial charge in [0.05, 0.1) is 27.1 Å². The van der Waals surface area contributed by atoms with Crippen molar-refractivity contribution in [3.05, 3.63) is 164 Å². The van der Waals surface area contributed by atoms with E-state index in [2.05, 4.69) is 156 Å². The lowest BCUT2D eigenvalue weighted by Gasteiger charge is -2.12. The molecule has 0 bridgehead atoms. The fourth-order valence-electron chi connectivity index (χ4n) is 7.17. The maximum Gasteiger partial charge on any atom is 0.160 e. The summed E-state index contributed by atoms with van der Waals surface area (Å²) in [5.41, 5.74) is 8.50. The SMILES string of the molecule is c1ccc(-c2cc(-c3ccccc3)nc(-c3ccc(-n4c5ccc6ccccc6c5c5ccc6c7ccccc7sc6c54)cc3)n2)cc1. The Balaban J connectivity index is 1.20. The molecule has 7 aromatic carbocycles. The van der Waals surface area contributed by atoms with Crippen LogP contribution in [-0.2, 0) is 0 Å². The monoisotopic (exact) mass is 629 g/mol. The fraction of sp³-hybridized carbons (Fsp3) is 0. The summed E-state index contributed by atoms with van der Waals surface area (Å²) in [6, 6.07) is 58.2. The number of benzene rings is 7. The van der Waals surface area contributed by atoms with Crippen molar-refractivity contribution >= 4 is 64.1 Å². The van der Waals surface area contributed by atoms with Crippen LogP contribution in [0.3, 0.4) is 0 Å². The van der Waals surface area contributed by atoms with E-state index in [1.807, 2.05) is 23.5 Å². The summed E-state index contributed by atoms with van der Waals surface area (Å²) in [7, 11) is 0.